The lowest BCUT2D eigenvalue weighted by atomic mass is 9.92. The lowest BCUT2D eigenvalue weighted by Crippen LogP contribution is -2.11. The molecule has 0 aliphatic carbocycles. The molecule has 0 amide bonds. The van der Waals surface area contributed by atoms with E-state index in [1.54, 1.807) is 0 Å². The van der Waals surface area contributed by atoms with Crippen molar-refractivity contribution < 1.29 is 0 Å². The second-order valence-electron chi connectivity index (χ2n) is 6.05. The normalized spacial score (nSPS) is 38.9. The Morgan fingerprint density at radius 1 is 0.667 bits per heavy atom. The van der Waals surface area contributed by atoms with Gasteiger partial charge in [0.1, 0.15) is 10.2 Å². The summed E-state index contributed by atoms with van der Waals surface area (Å²) in [4.78, 5) is 0. The zero-order valence-corrected chi connectivity index (χ0v) is 19.1. The predicted octanol–water partition coefficient (Wildman–Crippen LogP) is 5.44. The average molecular weight is 453 g/mol. The summed E-state index contributed by atoms with van der Waals surface area (Å²) in [6.07, 6.45) is 6.19. The van der Waals surface area contributed by atoms with Crippen molar-refractivity contribution >= 4 is 111 Å². The smallest absolute Gasteiger partial charge is 0.113 e. The molecule has 0 spiro atoms. The van der Waals surface area contributed by atoms with E-state index in [9.17, 15) is 0 Å². The van der Waals surface area contributed by atoms with Crippen LogP contribution in [0.2, 0.25) is 0 Å². The van der Waals surface area contributed by atoms with Crippen LogP contribution in [0.5, 0.6) is 0 Å². The van der Waals surface area contributed by atoms with Gasteiger partial charge in [-0.1, -0.05) is 0 Å². The van der Waals surface area contributed by atoms with Gasteiger partial charge in [0, 0.05) is 15.7 Å². The molecule has 0 aromatic rings. The highest BCUT2D eigenvalue weighted by Gasteiger charge is 2.53. The van der Waals surface area contributed by atoms with E-state index in [0.29, 0.717) is 15.7 Å². The van der Waals surface area contributed by atoms with Crippen LogP contribution in [0.25, 0.3) is 0 Å². The number of thioether (sulfide) groups is 3. The van der Waals surface area contributed by atoms with Crippen molar-refractivity contribution in [1.82, 2.24) is 0 Å². The van der Waals surface area contributed by atoms with Crippen molar-refractivity contribution in [2.45, 2.75) is 58.1 Å². The van der Waals surface area contributed by atoms with E-state index < -0.39 is 0 Å². The highest BCUT2D eigenvalue weighted by atomic mass is 32.3. The van der Waals surface area contributed by atoms with Crippen molar-refractivity contribution in [3.63, 3.8) is 0 Å². The van der Waals surface area contributed by atoms with Gasteiger partial charge in [0.05, 0.1) is 0 Å². The van der Waals surface area contributed by atoms with Gasteiger partial charge in [0.25, 0.3) is 0 Å². The first-order chi connectivity index (χ1) is 9.60. The SMILES string of the molecule is SC1(S)SC1CCC(CCC1SC1(S)S)CC1SC1(S)S. The third-order valence-corrected chi connectivity index (χ3v) is 12.8. The van der Waals surface area contributed by atoms with Crippen LogP contribution in [-0.2, 0) is 0 Å². The average Bonchev–Trinajstić information content (AvgIpc) is 3.24. The molecule has 0 bridgehead atoms. The van der Waals surface area contributed by atoms with E-state index in [-0.39, 0.29) is 10.2 Å². The summed E-state index contributed by atoms with van der Waals surface area (Å²) in [5.74, 6) is 0.751. The molecule has 3 atom stereocenters. The van der Waals surface area contributed by atoms with Crippen LogP contribution in [0, 0.1) is 5.92 Å². The maximum atomic E-state index is 4.57. The Morgan fingerprint density at radius 3 is 1.29 bits per heavy atom. The molecule has 9 heteroatoms. The minimum Gasteiger partial charge on any atom is -0.150 e. The molecule has 0 radical (unpaired) electrons. The first-order valence-corrected chi connectivity index (χ1v) is 12.3. The van der Waals surface area contributed by atoms with Gasteiger partial charge in [-0.3, -0.25) is 0 Å². The summed E-state index contributed by atoms with van der Waals surface area (Å²) in [6, 6.07) is 0. The summed E-state index contributed by atoms with van der Waals surface area (Å²) < 4.78 is -0.241. The van der Waals surface area contributed by atoms with E-state index in [4.69, 9.17) is 0 Å². The summed E-state index contributed by atoms with van der Waals surface area (Å²) in [6.45, 7) is 0. The molecule has 0 N–H and O–H groups in total. The Labute approximate surface area is 173 Å². The molecule has 122 valence electrons. The van der Waals surface area contributed by atoms with E-state index in [1.807, 2.05) is 35.3 Å². The Hall–Kier alpha value is 3.15. The zero-order valence-electron chi connectivity index (χ0n) is 11.3. The highest BCUT2D eigenvalue weighted by Crippen LogP contribution is 2.65. The van der Waals surface area contributed by atoms with Gasteiger partial charge in [0.2, 0.25) is 0 Å². The largest absolute Gasteiger partial charge is 0.150 e. The molecular weight excluding hydrogens is 433 g/mol. The molecule has 3 unspecified atom stereocenters. The van der Waals surface area contributed by atoms with Crippen molar-refractivity contribution in [2.75, 3.05) is 0 Å². The minimum absolute atomic E-state index is 0.0760. The molecule has 3 saturated heterocycles. The second kappa shape index (κ2) is 6.71. The Kier molecular flexibility index (Phi) is 6.05. The van der Waals surface area contributed by atoms with Crippen LogP contribution in [0.4, 0.5) is 0 Å². The topological polar surface area (TPSA) is 0 Å². The Morgan fingerprint density at radius 2 is 1.00 bits per heavy atom. The van der Waals surface area contributed by atoms with Gasteiger partial charge in [-0.05, 0) is 38.0 Å². The number of thiol groups is 6. The van der Waals surface area contributed by atoms with Gasteiger partial charge in [-0.15, -0.1) is 35.3 Å². The summed E-state index contributed by atoms with van der Waals surface area (Å²) in [5, 5.41) is 1.82. The molecule has 3 rings (SSSR count). The van der Waals surface area contributed by atoms with Crippen LogP contribution >= 0.6 is 111 Å². The van der Waals surface area contributed by atoms with Crippen LogP contribution in [0.1, 0.15) is 32.1 Å². The van der Waals surface area contributed by atoms with Gasteiger partial charge in [-0.25, -0.2) is 0 Å². The standard InChI is InChI=1S/C12H20S9/c13-10(14)7(19-10)3-1-6(5-9-12(17,18)21-9)2-4-8-11(15,16)20-8/h6-9,13-18H,1-5H2. The molecule has 3 aliphatic rings. The van der Waals surface area contributed by atoms with Crippen LogP contribution in [0.3, 0.4) is 0 Å². The monoisotopic (exact) mass is 452 g/mol. The fourth-order valence-electron chi connectivity index (χ4n) is 2.68. The summed E-state index contributed by atoms with van der Waals surface area (Å²) >= 11 is 32.9. The number of rotatable bonds is 8. The Balaban J connectivity index is 1.44. The Bertz CT molecular complexity index is 382. The molecule has 0 aromatic heterocycles. The van der Waals surface area contributed by atoms with Crippen molar-refractivity contribution in [3.05, 3.63) is 0 Å². The van der Waals surface area contributed by atoms with Crippen LogP contribution in [-0.4, -0.2) is 26.0 Å². The fourth-order valence-corrected chi connectivity index (χ4v) is 7.96. The van der Waals surface area contributed by atoms with Gasteiger partial charge >= 0.3 is 0 Å². The molecule has 3 aliphatic heterocycles. The van der Waals surface area contributed by atoms with E-state index in [0.717, 1.165) is 5.92 Å². The summed E-state index contributed by atoms with van der Waals surface area (Å²) in [5.41, 5.74) is 0. The minimum atomic E-state index is -0.0887. The number of hydrogen-bond donors (Lipinski definition) is 6. The number of hydrogen-bond acceptors (Lipinski definition) is 9. The molecule has 0 nitrogen and oxygen atoms in total. The predicted molar refractivity (Wildman–Crippen MR) is 123 cm³/mol. The molecule has 3 heterocycles. The van der Waals surface area contributed by atoms with E-state index in [2.05, 4.69) is 75.8 Å². The first kappa shape index (κ1) is 18.9. The van der Waals surface area contributed by atoms with Crippen molar-refractivity contribution in [1.29, 1.82) is 0 Å². The second-order valence-corrected chi connectivity index (χ2v) is 17.5. The molecule has 0 saturated carbocycles. The maximum Gasteiger partial charge on any atom is 0.113 e. The lowest BCUT2D eigenvalue weighted by Gasteiger charge is -2.17. The molecule has 3 fully saturated rings. The maximum absolute atomic E-state index is 4.57. The third kappa shape index (κ3) is 5.31. The highest BCUT2D eigenvalue weighted by molar-refractivity contribution is 8.32. The van der Waals surface area contributed by atoms with E-state index in [1.165, 1.54) is 32.1 Å². The fraction of sp³-hybridized carbons (Fsp3) is 1.00. The van der Waals surface area contributed by atoms with Gasteiger partial charge < -0.3 is 0 Å². The van der Waals surface area contributed by atoms with Crippen LogP contribution < -0.4 is 0 Å². The molecule has 21 heavy (non-hydrogen) atoms. The van der Waals surface area contributed by atoms with Crippen LogP contribution in [0.15, 0.2) is 0 Å². The first-order valence-electron chi connectivity index (χ1n) is 6.98. The van der Waals surface area contributed by atoms with Crippen molar-refractivity contribution in [3.8, 4) is 0 Å². The van der Waals surface area contributed by atoms with Gasteiger partial charge in [0.15, 0.2) is 0 Å². The summed E-state index contributed by atoms with van der Waals surface area (Å²) in [7, 11) is 0. The lowest BCUT2D eigenvalue weighted by molar-refractivity contribution is 0.406. The quantitative estimate of drug-likeness (QED) is 0.165. The molecule has 0 aromatic carbocycles. The zero-order chi connectivity index (χ0) is 15.5. The third-order valence-electron chi connectivity index (χ3n) is 4.26. The van der Waals surface area contributed by atoms with Gasteiger partial charge in [-0.2, -0.15) is 75.8 Å². The van der Waals surface area contributed by atoms with E-state index >= 15 is 0 Å². The molecular formula is C12H20S9. The van der Waals surface area contributed by atoms with Crippen molar-refractivity contribution in [2.24, 2.45) is 5.92 Å².